The van der Waals surface area contributed by atoms with Gasteiger partial charge in [0.1, 0.15) is 10.6 Å². The second-order valence-corrected chi connectivity index (χ2v) is 7.77. The third kappa shape index (κ3) is 3.70. The van der Waals surface area contributed by atoms with Gasteiger partial charge in [0.25, 0.3) is 10.0 Å². The minimum absolute atomic E-state index is 0.200. The minimum atomic E-state index is -3.61. The summed E-state index contributed by atoms with van der Waals surface area (Å²) in [6, 6.07) is 12.7. The van der Waals surface area contributed by atoms with Crippen LogP contribution in [0.1, 0.15) is 5.56 Å². The van der Waals surface area contributed by atoms with Crippen LogP contribution in [0.3, 0.4) is 0 Å². The molecule has 0 radical (unpaired) electrons. The average Bonchev–Trinajstić information content (AvgIpc) is 2.56. The van der Waals surface area contributed by atoms with Gasteiger partial charge in [0.15, 0.2) is 0 Å². The number of fused-ring (bicyclic) bond motifs is 1. The van der Waals surface area contributed by atoms with Crippen molar-refractivity contribution in [3.8, 4) is 5.75 Å². The molecule has 0 saturated carbocycles. The molecule has 1 aliphatic heterocycles. The maximum atomic E-state index is 12.3. The fraction of sp³-hybridized carbons (Fsp3) is 0.188. The van der Waals surface area contributed by atoms with Gasteiger partial charge in [-0.15, -0.1) is 0 Å². The van der Waals surface area contributed by atoms with Crippen molar-refractivity contribution in [1.82, 2.24) is 4.72 Å². The number of nitrogens with zero attached hydrogens (tertiary/aromatic N) is 1. The molecule has 2 aromatic carbocycles. The van der Waals surface area contributed by atoms with E-state index in [0.717, 1.165) is 11.3 Å². The molecule has 24 heavy (non-hydrogen) atoms. The molecule has 0 spiro atoms. The fourth-order valence-corrected chi connectivity index (χ4v) is 4.00. The second-order valence-electron chi connectivity index (χ2n) is 5.20. The molecule has 1 aliphatic rings. The van der Waals surface area contributed by atoms with Crippen LogP contribution >= 0.6 is 15.9 Å². The molecule has 0 saturated heterocycles. The summed E-state index contributed by atoms with van der Waals surface area (Å²) in [7, 11) is -1.98. The van der Waals surface area contributed by atoms with Gasteiger partial charge in [-0.2, -0.15) is 0 Å². The number of anilines is 1. The van der Waals surface area contributed by atoms with Crippen LogP contribution in [0, 0.1) is 0 Å². The van der Waals surface area contributed by atoms with Gasteiger partial charge < -0.3 is 10.1 Å². The van der Waals surface area contributed by atoms with Crippen LogP contribution in [-0.2, 0) is 16.4 Å². The predicted molar refractivity (Wildman–Crippen MR) is 97.1 cm³/mol. The molecule has 126 valence electrons. The van der Waals surface area contributed by atoms with Gasteiger partial charge in [0, 0.05) is 11.0 Å². The Labute approximate surface area is 149 Å². The van der Waals surface area contributed by atoms with E-state index < -0.39 is 10.0 Å². The van der Waals surface area contributed by atoms with E-state index in [-0.39, 0.29) is 10.9 Å². The lowest BCUT2D eigenvalue weighted by Gasteiger charge is -2.21. The zero-order chi connectivity index (χ0) is 17.2. The zero-order valence-corrected chi connectivity index (χ0v) is 15.3. The van der Waals surface area contributed by atoms with E-state index in [2.05, 4.69) is 31.0 Å². The van der Waals surface area contributed by atoms with Crippen LogP contribution in [0.2, 0.25) is 0 Å². The predicted octanol–water partition coefficient (Wildman–Crippen LogP) is 2.76. The van der Waals surface area contributed by atoms with Crippen molar-refractivity contribution < 1.29 is 13.2 Å². The van der Waals surface area contributed by atoms with Crippen molar-refractivity contribution in [2.24, 2.45) is 4.99 Å². The summed E-state index contributed by atoms with van der Waals surface area (Å²) in [5.74, 6) is 1.04. The summed E-state index contributed by atoms with van der Waals surface area (Å²) >= 11 is 3.28. The van der Waals surface area contributed by atoms with Gasteiger partial charge in [-0.3, -0.25) is 4.99 Å². The quantitative estimate of drug-likeness (QED) is 0.813. The van der Waals surface area contributed by atoms with Crippen LogP contribution < -0.4 is 14.8 Å². The highest BCUT2D eigenvalue weighted by molar-refractivity contribution is 9.10. The number of benzene rings is 2. The van der Waals surface area contributed by atoms with Gasteiger partial charge in [-0.05, 0) is 42.3 Å². The highest BCUT2D eigenvalue weighted by atomic mass is 79.9. The lowest BCUT2D eigenvalue weighted by Crippen LogP contribution is -2.40. The van der Waals surface area contributed by atoms with Crippen molar-refractivity contribution in [2.75, 3.05) is 19.0 Å². The molecule has 2 aromatic rings. The highest BCUT2D eigenvalue weighted by Crippen LogP contribution is 2.27. The molecule has 0 aliphatic carbocycles. The number of methoxy groups -OCH3 is 1. The van der Waals surface area contributed by atoms with E-state index in [0.29, 0.717) is 23.1 Å². The van der Waals surface area contributed by atoms with Gasteiger partial charge in [-0.1, -0.05) is 28.1 Å². The third-order valence-electron chi connectivity index (χ3n) is 3.55. The lowest BCUT2D eigenvalue weighted by atomic mass is 10.1. The van der Waals surface area contributed by atoms with E-state index in [1.54, 1.807) is 25.3 Å². The van der Waals surface area contributed by atoms with Crippen molar-refractivity contribution in [2.45, 2.75) is 11.3 Å². The molecule has 0 aromatic heterocycles. The maximum absolute atomic E-state index is 12.3. The Bertz CT molecular complexity index is 880. The summed E-state index contributed by atoms with van der Waals surface area (Å²) in [6.07, 6.45) is 0.699. The first-order valence-corrected chi connectivity index (χ1v) is 9.52. The molecule has 0 atom stereocenters. The molecule has 2 N–H and O–H groups in total. The van der Waals surface area contributed by atoms with Crippen LogP contribution in [0.25, 0.3) is 0 Å². The standard InChI is InChI=1S/C16H16BrN3O3S/c1-23-13-5-2-11(3-6-13)8-9-18-16-19-14-7-4-12(17)10-15(14)24(21,22)20-16/h2-7,10H,8-9H2,1H3,(H2,18,19,20). The highest BCUT2D eigenvalue weighted by Gasteiger charge is 2.26. The Kier molecular flexibility index (Phi) is 4.77. The van der Waals surface area contributed by atoms with Gasteiger partial charge in [0.2, 0.25) is 5.96 Å². The summed E-state index contributed by atoms with van der Waals surface area (Å²) in [5, 5.41) is 3.00. The Morgan fingerprint density at radius 2 is 1.92 bits per heavy atom. The summed E-state index contributed by atoms with van der Waals surface area (Å²) in [5.41, 5.74) is 1.61. The first kappa shape index (κ1) is 16.8. The van der Waals surface area contributed by atoms with E-state index >= 15 is 0 Å². The molecule has 0 amide bonds. The molecule has 0 bridgehead atoms. The Morgan fingerprint density at radius 1 is 1.17 bits per heavy atom. The van der Waals surface area contributed by atoms with Gasteiger partial charge in [-0.25, -0.2) is 13.1 Å². The van der Waals surface area contributed by atoms with Crippen molar-refractivity contribution >= 4 is 37.6 Å². The summed E-state index contributed by atoms with van der Waals surface area (Å²) < 4.78 is 32.8. The number of nitrogens with one attached hydrogen (secondary N) is 2. The third-order valence-corrected chi connectivity index (χ3v) is 5.42. The molecular formula is C16H16BrN3O3S. The first-order chi connectivity index (χ1) is 11.5. The molecule has 0 fully saturated rings. The van der Waals surface area contributed by atoms with Crippen LogP contribution in [0.5, 0.6) is 5.75 Å². The van der Waals surface area contributed by atoms with Crippen molar-refractivity contribution in [3.63, 3.8) is 0 Å². The first-order valence-electron chi connectivity index (χ1n) is 7.25. The number of ether oxygens (including phenoxy) is 1. The van der Waals surface area contributed by atoms with E-state index in [4.69, 9.17) is 4.74 Å². The summed E-state index contributed by atoms with van der Waals surface area (Å²) in [4.78, 5) is 4.51. The molecule has 8 heteroatoms. The lowest BCUT2D eigenvalue weighted by molar-refractivity contribution is 0.414. The van der Waals surface area contributed by atoms with E-state index in [1.807, 2.05) is 24.3 Å². The van der Waals surface area contributed by atoms with Crippen molar-refractivity contribution in [1.29, 1.82) is 0 Å². The number of hydrogen-bond acceptors (Lipinski definition) is 4. The van der Waals surface area contributed by atoms with Crippen LogP contribution in [0.15, 0.2) is 56.8 Å². The number of guanidine groups is 1. The molecular weight excluding hydrogens is 394 g/mol. The Hall–Kier alpha value is -2.06. The largest absolute Gasteiger partial charge is 0.497 e. The number of sulfonamides is 1. The topological polar surface area (TPSA) is 79.8 Å². The SMILES string of the molecule is COc1ccc(CCN=C2Nc3ccc(Br)cc3S(=O)(=O)N2)cc1. The molecule has 6 nitrogen and oxygen atoms in total. The average molecular weight is 410 g/mol. The Balaban J connectivity index is 1.71. The minimum Gasteiger partial charge on any atom is -0.497 e. The number of aliphatic imine (C=N–C) groups is 1. The van der Waals surface area contributed by atoms with Gasteiger partial charge >= 0.3 is 0 Å². The van der Waals surface area contributed by atoms with E-state index in [9.17, 15) is 8.42 Å². The van der Waals surface area contributed by atoms with Gasteiger partial charge in [0.05, 0.1) is 12.8 Å². The number of hydrogen-bond donors (Lipinski definition) is 2. The molecule has 0 unspecified atom stereocenters. The maximum Gasteiger partial charge on any atom is 0.266 e. The van der Waals surface area contributed by atoms with Crippen LogP contribution in [0.4, 0.5) is 5.69 Å². The number of halogens is 1. The second kappa shape index (κ2) is 6.82. The zero-order valence-electron chi connectivity index (χ0n) is 12.9. The normalized spacial score (nSPS) is 16.8. The molecule has 1 heterocycles. The van der Waals surface area contributed by atoms with E-state index in [1.165, 1.54) is 0 Å². The van der Waals surface area contributed by atoms with Crippen LogP contribution in [-0.4, -0.2) is 28.0 Å². The summed E-state index contributed by atoms with van der Waals surface area (Å²) in [6.45, 7) is 0.461. The monoisotopic (exact) mass is 409 g/mol. The smallest absolute Gasteiger partial charge is 0.266 e. The molecule has 3 rings (SSSR count). The number of rotatable bonds is 4. The fourth-order valence-electron chi connectivity index (χ4n) is 2.32. The van der Waals surface area contributed by atoms with Crippen molar-refractivity contribution in [3.05, 3.63) is 52.5 Å². The Morgan fingerprint density at radius 3 is 2.62 bits per heavy atom.